The van der Waals surface area contributed by atoms with Gasteiger partial charge in [-0.3, -0.25) is 14.6 Å². The fourth-order valence-corrected chi connectivity index (χ4v) is 3.70. The van der Waals surface area contributed by atoms with Gasteiger partial charge in [0.2, 0.25) is 0 Å². The van der Waals surface area contributed by atoms with Crippen LogP contribution in [-0.4, -0.2) is 26.2 Å². The summed E-state index contributed by atoms with van der Waals surface area (Å²) in [7, 11) is 0. The summed E-state index contributed by atoms with van der Waals surface area (Å²) in [4.78, 5) is 7.34. The van der Waals surface area contributed by atoms with Crippen molar-refractivity contribution in [1.29, 1.82) is 0 Å². The molecule has 4 heteroatoms. The molecule has 1 atom stereocenters. The van der Waals surface area contributed by atoms with Crippen molar-refractivity contribution >= 4 is 0 Å². The molecule has 0 aromatic carbocycles. The van der Waals surface area contributed by atoms with E-state index in [4.69, 9.17) is 10.1 Å². The van der Waals surface area contributed by atoms with E-state index in [1.807, 2.05) is 0 Å². The van der Waals surface area contributed by atoms with E-state index in [1.165, 1.54) is 35.5 Å². The lowest BCUT2D eigenvalue weighted by molar-refractivity contribution is 0.243. The molecule has 3 heterocycles. The molecule has 1 aliphatic rings. The average Bonchev–Trinajstić information content (AvgIpc) is 3.08. The Kier molecular flexibility index (Phi) is 4.81. The molecule has 23 heavy (non-hydrogen) atoms. The normalized spacial score (nSPS) is 18.7. The zero-order valence-electron chi connectivity index (χ0n) is 14.8. The Hall–Kier alpha value is -1.68. The maximum absolute atomic E-state index is 4.76. The first kappa shape index (κ1) is 16.2. The summed E-state index contributed by atoms with van der Waals surface area (Å²) >= 11 is 0. The van der Waals surface area contributed by atoms with E-state index in [0.717, 1.165) is 31.7 Å². The Morgan fingerprint density at radius 2 is 2.04 bits per heavy atom. The molecule has 1 saturated heterocycles. The monoisotopic (exact) mass is 312 g/mol. The maximum Gasteiger partial charge on any atom is 0.0641 e. The van der Waals surface area contributed by atoms with Crippen LogP contribution in [0.4, 0.5) is 0 Å². The van der Waals surface area contributed by atoms with Crippen LogP contribution in [0.25, 0.3) is 0 Å². The molecule has 0 N–H and O–H groups in total. The van der Waals surface area contributed by atoms with Crippen molar-refractivity contribution in [2.75, 3.05) is 6.54 Å². The van der Waals surface area contributed by atoms with Crippen LogP contribution in [0.2, 0.25) is 0 Å². The Balaban J connectivity index is 1.82. The van der Waals surface area contributed by atoms with Gasteiger partial charge in [-0.25, -0.2) is 0 Å². The van der Waals surface area contributed by atoms with Gasteiger partial charge in [0.25, 0.3) is 0 Å². The molecule has 1 fully saturated rings. The summed E-state index contributed by atoms with van der Waals surface area (Å²) < 4.78 is 2.17. The Morgan fingerprint density at radius 3 is 2.78 bits per heavy atom. The smallest absolute Gasteiger partial charge is 0.0641 e. The van der Waals surface area contributed by atoms with Crippen LogP contribution in [-0.2, 0) is 13.1 Å². The van der Waals surface area contributed by atoms with E-state index in [2.05, 4.69) is 55.5 Å². The summed E-state index contributed by atoms with van der Waals surface area (Å²) in [5.41, 5.74) is 6.24. The fraction of sp³-hybridized carbons (Fsp3) is 0.579. The topological polar surface area (TPSA) is 34.0 Å². The molecule has 4 nitrogen and oxygen atoms in total. The summed E-state index contributed by atoms with van der Waals surface area (Å²) in [5.74, 6) is 0. The molecule has 2 aromatic heterocycles. The zero-order chi connectivity index (χ0) is 16.4. The number of aromatic nitrogens is 3. The minimum Gasteiger partial charge on any atom is -0.290 e. The van der Waals surface area contributed by atoms with Crippen molar-refractivity contribution in [1.82, 2.24) is 19.7 Å². The Labute approximate surface area is 139 Å². The van der Waals surface area contributed by atoms with Crippen molar-refractivity contribution in [3.8, 4) is 0 Å². The van der Waals surface area contributed by atoms with Crippen molar-refractivity contribution < 1.29 is 0 Å². The van der Waals surface area contributed by atoms with Crippen LogP contribution in [0.3, 0.4) is 0 Å². The van der Waals surface area contributed by atoms with Crippen LogP contribution in [0, 0.1) is 20.8 Å². The molecular formula is C19H28N4. The van der Waals surface area contributed by atoms with E-state index in [0.29, 0.717) is 6.04 Å². The lowest BCUT2D eigenvalue weighted by atomic mass is 10.1. The lowest BCUT2D eigenvalue weighted by Crippen LogP contribution is -2.24. The molecule has 0 aliphatic carbocycles. The van der Waals surface area contributed by atoms with E-state index in [9.17, 15) is 0 Å². The van der Waals surface area contributed by atoms with Gasteiger partial charge in [-0.05, 0) is 58.7 Å². The summed E-state index contributed by atoms with van der Waals surface area (Å²) in [6.07, 6.45) is 3.58. The van der Waals surface area contributed by atoms with Gasteiger partial charge in [-0.1, -0.05) is 13.0 Å². The van der Waals surface area contributed by atoms with Gasteiger partial charge < -0.3 is 0 Å². The second-order valence-corrected chi connectivity index (χ2v) is 6.70. The molecule has 124 valence electrons. The third-order valence-corrected chi connectivity index (χ3v) is 4.94. The first-order chi connectivity index (χ1) is 11.1. The Bertz CT molecular complexity index is 674. The highest BCUT2D eigenvalue weighted by Gasteiger charge is 2.28. The number of aryl methyl sites for hydroxylation is 3. The molecular weight excluding hydrogens is 284 g/mol. The largest absolute Gasteiger partial charge is 0.290 e. The standard InChI is InChI=1S/C19H28N4/c1-5-11-23-16(4)17(15(3)21-23)13-22-12-7-10-19(22)18-9-6-8-14(2)20-18/h6,8-9,19H,5,7,10-13H2,1-4H3/t19-/m1/s1. The molecule has 0 saturated carbocycles. The van der Waals surface area contributed by atoms with Crippen molar-refractivity contribution in [3.05, 3.63) is 46.5 Å². The number of nitrogens with zero attached hydrogens (tertiary/aromatic N) is 4. The number of hydrogen-bond acceptors (Lipinski definition) is 3. The van der Waals surface area contributed by atoms with Gasteiger partial charge >= 0.3 is 0 Å². The van der Waals surface area contributed by atoms with Gasteiger partial charge in [0.1, 0.15) is 0 Å². The summed E-state index contributed by atoms with van der Waals surface area (Å²) in [6, 6.07) is 6.83. The van der Waals surface area contributed by atoms with Crippen molar-refractivity contribution in [3.63, 3.8) is 0 Å². The summed E-state index contributed by atoms with van der Waals surface area (Å²) in [6.45, 7) is 11.8. The number of hydrogen-bond donors (Lipinski definition) is 0. The lowest BCUT2D eigenvalue weighted by Gasteiger charge is -2.24. The van der Waals surface area contributed by atoms with E-state index < -0.39 is 0 Å². The third kappa shape index (κ3) is 3.32. The zero-order valence-corrected chi connectivity index (χ0v) is 14.8. The second kappa shape index (κ2) is 6.83. The van der Waals surface area contributed by atoms with Crippen LogP contribution in [0.5, 0.6) is 0 Å². The van der Waals surface area contributed by atoms with E-state index in [-0.39, 0.29) is 0 Å². The second-order valence-electron chi connectivity index (χ2n) is 6.70. The highest BCUT2D eigenvalue weighted by molar-refractivity contribution is 5.25. The summed E-state index contributed by atoms with van der Waals surface area (Å²) in [5, 5.41) is 4.73. The minimum atomic E-state index is 0.447. The van der Waals surface area contributed by atoms with Crippen LogP contribution in [0.15, 0.2) is 18.2 Å². The third-order valence-electron chi connectivity index (χ3n) is 4.94. The van der Waals surface area contributed by atoms with Gasteiger partial charge in [-0.2, -0.15) is 5.10 Å². The quantitative estimate of drug-likeness (QED) is 0.838. The van der Waals surface area contributed by atoms with Gasteiger partial charge in [-0.15, -0.1) is 0 Å². The molecule has 0 unspecified atom stereocenters. The average molecular weight is 312 g/mol. The van der Waals surface area contributed by atoms with Crippen LogP contribution < -0.4 is 0 Å². The van der Waals surface area contributed by atoms with Gasteiger partial charge in [0.15, 0.2) is 0 Å². The number of pyridine rings is 1. The maximum atomic E-state index is 4.76. The fourth-order valence-electron chi connectivity index (χ4n) is 3.70. The number of rotatable bonds is 5. The predicted molar refractivity (Wildman–Crippen MR) is 93.4 cm³/mol. The first-order valence-corrected chi connectivity index (χ1v) is 8.80. The SMILES string of the molecule is CCCn1nc(C)c(CN2CCC[C@@H]2c2cccc(C)n2)c1C. The molecule has 3 rings (SSSR count). The van der Waals surface area contributed by atoms with Gasteiger partial charge in [0.05, 0.1) is 17.4 Å². The molecule has 0 amide bonds. The first-order valence-electron chi connectivity index (χ1n) is 8.80. The minimum absolute atomic E-state index is 0.447. The highest BCUT2D eigenvalue weighted by atomic mass is 15.3. The molecule has 0 radical (unpaired) electrons. The predicted octanol–water partition coefficient (Wildman–Crippen LogP) is 3.95. The van der Waals surface area contributed by atoms with E-state index in [1.54, 1.807) is 0 Å². The molecule has 1 aliphatic heterocycles. The molecule has 2 aromatic rings. The molecule has 0 bridgehead atoms. The van der Waals surface area contributed by atoms with Crippen molar-refractivity contribution in [2.45, 2.75) is 66.1 Å². The van der Waals surface area contributed by atoms with E-state index >= 15 is 0 Å². The number of likely N-dealkylation sites (tertiary alicyclic amines) is 1. The Morgan fingerprint density at radius 1 is 1.22 bits per heavy atom. The van der Waals surface area contributed by atoms with Gasteiger partial charge in [0, 0.05) is 30.0 Å². The van der Waals surface area contributed by atoms with Crippen LogP contribution in [0.1, 0.15) is 60.6 Å². The van der Waals surface area contributed by atoms with Crippen LogP contribution >= 0.6 is 0 Å². The highest BCUT2D eigenvalue weighted by Crippen LogP contribution is 2.33. The molecule has 0 spiro atoms. The van der Waals surface area contributed by atoms with Crippen molar-refractivity contribution in [2.24, 2.45) is 0 Å².